The van der Waals surface area contributed by atoms with Crippen molar-refractivity contribution in [3.05, 3.63) is 0 Å². The lowest BCUT2D eigenvalue weighted by molar-refractivity contribution is 0.00578. The van der Waals surface area contributed by atoms with Gasteiger partial charge >= 0.3 is 7.12 Å². The van der Waals surface area contributed by atoms with Gasteiger partial charge in [0.05, 0.1) is 11.2 Å². The van der Waals surface area contributed by atoms with Gasteiger partial charge in [-0.1, -0.05) is 14.4 Å². The molecule has 0 unspecified atom stereocenters. The molecule has 0 aromatic heterocycles. The zero-order valence-electron chi connectivity index (χ0n) is 8.10. The molecule has 0 atom stereocenters. The fourth-order valence-electron chi connectivity index (χ4n) is 1.13. The van der Waals surface area contributed by atoms with Crippen molar-refractivity contribution in [1.82, 2.24) is 0 Å². The molecule has 0 bridgehead atoms. The summed E-state index contributed by atoms with van der Waals surface area (Å²) in [6.45, 7) is 10.4. The molecule has 0 spiro atoms. The third-order valence-electron chi connectivity index (χ3n) is 2.64. The summed E-state index contributed by atoms with van der Waals surface area (Å²) in [7, 11) is -0.0139. The Bertz CT molecular complexity index is 139. The second-order valence-corrected chi connectivity index (χ2v) is 4.09. The van der Waals surface area contributed by atoms with Gasteiger partial charge < -0.3 is 9.31 Å². The lowest BCUT2D eigenvalue weighted by Crippen LogP contribution is -2.41. The van der Waals surface area contributed by atoms with Crippen LogP contribution in [0.3, 0.4) is 0 Å². The Morgan fingerprint density at radius 3 is 1.50 bits per heavy atom. The topological polar surface area (TPSA) is 18.5 Å². The second kappa shape index (κ2) is 3.39. The minimum absolute atomic E-state index is 0. The zero-order chi connectivity index (χ0) is 8.70. The van der Waals surface area contributed by atoms with E-state index in [9.17, 15) is 0 Å². The molecule has 0 saturated carbocycles. The summed E-state index contributed by atoms with van der Waals surface area (Å²) in [5.74, 6) is 0. The predicted octanol–water partition coefficient (Wildman–Crippen LogP) is 2.73. The molecular weight excluding hydrogens is 151 g/mol. The largest absolute Gasteiger partial charge is 0.457 e. The Labute approximate surface area is 76.8 Å². The van der Waals surface area contributed by atoms with Crippen molar-refractivity contribution < 1.29 is 9.31 Å². The average molecular weight is 172 g/mol. The Kier molecular flexibility index (Phi) is 3.38. The van der Waals surface area contributed by atoms with Crippen LogP contribution in [0.2, 0.25) is 6.32 Å². The molecule has 0 radical (unpaired) electrons. The zero-order valence-corrected chi connectivity index (χ0v) is 8.10. The minimum atomic E-state index is -0.159. The van der Waals surface area contributed by atoms with Crippen molar-refractivity contribution in [3.63, 3.8) is 0 Å². The Morgan fingerprint density at radius 1 is 1.00 bits per heavy atom. The Balaban J connectivity index is 0.00000121. The van der Waals surface area contributed by atoms with Gasteiger partial charge in [0.2, 0.25) is 0 Å². The average Bonchev–Trinajstić information content (AvgIpc) is 2.03. The maximum atomic E-state index is 5.69. The molecule has 72 valence electrons. The predicted molar refractivity (Wildman–Crippen MR) is 53.3 cm³/mol. The molecule has 0 aromatic rings. The van der Waals surface area contributed by atoms with Gasteiger partial charge in [0.25, 0.3) is 0 Å². The number of hydrogen-bond donors (Lipinski definition) is 0. The monoisotopic (exact) mass is 172 g/mol. The van der Waals surface area contributed by atoms with Gasteiger partial charge in [-0.2, -0.15) is 0 Å². The van der Waals surface area contributed by atoms with E-state index < -0.39 is 0 Å². The molecule has 1 aliphatic rings. The summed E-state index contributed by atoms with van der Waals surface area (Å²) in [6.07, 6.45) is 0.923. The van der Waals surface area contributed by atoms with Crippen LogP contribution in [0, 0.1) is 0 Å². The summed E-state index contributed by atoms with van der Waals surface area (Å²) in [5, 5.41) is 0. The molecule has 0 aromatic carbocycles. The van der Waals surface area contributed by atoms with Gasteiger partial charge in [0, 0.05) is 0 Å². The fourth-order valence-corrected chi connectivity index (χ4v) is 1.13. The highest BCUT2D eigenvalue weighted by Gasteiger charge is 2.49. The van der Waals surface area contributed by atoms with Crippen LogP contribution in [0.5, 0.6) is 0 Å². The van der Waals surface area contributed by atoms with Crippen molar-refractivity contribution >= 4 is 7.12 Å². The van der Waals surface area contributed by atoms with Gasteiger partial charge in [-0.05, 0) is 34.0 Å². The smallest absolute Gasteiger partial charge is 0.403 e. The van der Waals surface area contributed by atoms with Crippen LogP contribution in [0.15, 0.2) is 0 Å². The van der Waals surface area contributed by atoms with E-state index in [2.05, 4.69) is 34.6 Å². The van der Waals surface area contributed by atoms with Crippen LogP contribution >= 0.6 is 0 Å². The summed E-state index contributed by atoms with van der Waals surface area (Å²) in [4.78, 5) is 0. The summed E-state index contributed by atoms with van der Waals surface area (Å²) in [6, 6.07) is 0. The molecule has 0 N–H and O–H groups in total. The lowest BCUT2D eigenvalue weighted by Gasteiger charge is -2.32. The quantitative estimate of drug-likeness (QED) is 0.566. The summed E-state index contributed by atoms with van der Waals surface area (Å²) >= 11 is 0. The second-order valence-electron chi connectivity index (χ2n) is 4.09. The van der Waals surface area contributed by atoms with Crippen molar-refractivity contribution in [3.8, 4) is 0 Å². The van der Waals surface area contributed by atoms with E-state index in [1.807, 2.05) is 0 Å². The van der Waals surface area contributed by atoms with E-state index in [0.29, 0.717) is 0 Å². The number of hydrogen-bond acceptors (Lipinski definition) is 2. The first-order chi connectivity index (χ1) is 4.89. The first-order valence-electron chi connectivity index (χ1n) is 4.25. The van der Waals surface area contributed by atoms with Crippen LogP contribution in [0.1, 0.15) is 42.0 Å². The van der Waals surface area contributed by atoms with Crippen LogP contribution < -0.4 is 0 Å². The SMILES string of the molecule is C.CCB1OC(C)(C)C(C)(C)O1. The van der Waals surface area contributed by atoms with Crippen LogP contribution in [-0.4, -0.2) is 18.3 Å². The van der Waals surface area contributed by atoms with Gasteiger partial charge in [0.1, 0.15) is 0 Å². The normalized spacial score (nSPS) is 25.2. The summed E-state index contributed by atoms with van der Waals surface area (Å²) < 4.78 is 11.4. The Morgan fingerprint density at radius 2 is 1.33 bits per heavy atom. The lowest BCUT2D eigenvalue weighted by atomic mass is 9.87. The minimum Gasteiger partial charge on any atom is -0.403 e. The van der Waals surface area contributed by atoms with Gasteiger partial charge in [-0.25, -0.2) is 0 Å². The number of rotatable bonds is 1. The molecule has 1 rings (SSSR count). The van der Waals surface area contributed by atoms with Crippen molar-refractivity contribution in [2.24, 2.45) is 0 Å². The van der Waals surface area contributed by atoms with E-state index in [-0.39, 0.29) is 25.7 Å². The van der Waals surface area contributed by atoms with Gasteiger partial charge in [-0.3, -0.25) is 0 Å². The third-order valence-corrected chi connectivity index (χ3v) is 2.64. The fraction of sp³-hybridized carbons (Fsp3) is 1.00. The van der Waals surface area contributed by atoms with E-state index in [1.54, 1.807) is 0 Å². The first-order valence-corrected chi connectivity index (χ1v) is 4.25. The highest BCUT2D eigenvalue weighted by molar-refractivity contribution is 6.45. The molecule has 0 aliphatic carbocycles. The molecular formula is C9H21BO2. The molecule has 1 heterocycles. The maximum Gasteiger partial charge on any atom is 0.457 e. The molecule has 12 heavy (non-hydrogen) atoms. The highest BCUT2D eigenvalue weighted by atomic mass is 16.7. The van der Waals surface area contributed by atoms with E-state index in [1.165, 1.54) is 0 Å². The van der Waals surface area contributed by atoms with Crippen molar-refractivity contribution in [2.75, 3.05) is 0 Å². The van der Waals surface area contributed by atoms with Crippen LogP contribution in [0.4, 0.5) is 0 Å². The molecule has 1 fully saturated rings. The molecule has 1 aliphatic heterocycles. The highest BCUT2D eigenvalue weighted by Crippen LogP contribution is 2.37. The molecule has 2 nitrogen and oxygen atoms in total. The Hall–Kier alpha value is -0.0151. The van der Waals surface area contributed by atoms with Crippen molar-refractivity contribution in [1.29, 1.82) is 0 Å². The van der Waals surface area contributed by atoms with E-state index in [0.717, 1.165) is 6.32 Å². The summed E-state index contributed by atoms with van der Waals surface area (Å²) in [5.41, 5.74) is -0.318. The standard InChI is InChI=1S/C8H17BO2.CH4/c1-6-9-10-7(2,3)8(4,5)11-9;/h6H2,1-5H3;1H4. The van der Waals surface area contributed by atoms with E-state index in [4.69, 9.17) is 9.31 Å². The molecule has 3 heteroatoms. The van der Waals surface area contributed by atoms with Crippen LogP contribution in [0.25, 0.3) is 0 Å². The molecule has 1 saturated heterocycles. The van der Waals surface area contributed by atoms with Gasteiger partial charge in [0.15, 0.2) is 0 Å². The first kappa shape index (κ1) is 12.0. The third kappa shape index (κ3) is 1.83. The molecule has 0 amide bonds. The van der Waals surface area contributed by atoms with Crippen LogP contribution in [-0.2, 0) is 9.31 Å². The van der Waals surface area contributed by atoms with Gasteiger partial charge in [-0.15, -0.1) is 0 Å². The maximum absolute atomic E-state index is 5.69. The van der Waals surface area contributed by atoms with Crippen molar-refractivity contribution in [2.45, 2.75) is 59.6 Å². The van der Waals surface area contributed by atoms with E-state index >= 15 is 0 Å².